The van der Waals surface area contributed by atoms with Gasteiger partial charge in [0, 0.05) is 6.42 Å². The zero-order valence-corrected chi connectivity index (χ0v) is 7.39. The molecule has 1 aliphatic rings. The van der Waals surface area contributed by atoms with Crippen LogP contribution in [0.15, 0.2) is 0 Å². The lowest BCUT2D eigenvalue weighted by Crippen LogP contribution is -2.47. The van der Waals surface area contributed by atoms with Crippen LogP contribution in [0.25, 0.3) is 0 Å². The first-order valence-electron chi connectivity index (χ1n) is 3.98. The van der Waals surface area contributed by atoms with E-state index in [4.69, 9.17) is 4.84 Å². The van der Waals surface area contributed by atoms with Crippen LogP contribution in [0.1, 0.15) is 33.6 Å². The summed E-state index contributed by atoms with van der Waals surface area (Å²) in [6.07, 6.45) is 1.47. The summed E-state index contributed by atoms with van der Waals surface area (Å²) < 4.78 is 0. The second-order valence-corrected chi connectivity index (χ2v) is 3.80. The van der Waals surface area contributed by atoms with Crippen LogP contribution in [0, 0.1) is 0 Å². The highest BCUT2D eigenvalue weighted by molar-refractivity contribution is 5.76. The first-order chi connectivity index (χ1) is 5.02. The van der Waals surface area contributed by atoms with Gasteiger partial charge in [-0.3, -0.25) is 9.63 Å². The maximum Gasteiger partial charge on any atom is 0.246 e. The van der Waals surface area contributed by atoms with E-state index in [1.54, 1.807) is 0 Å². The molecule has 0 unspecified atom stereocenters. The van der Waals surface area contributed by atoms with E-state index in [1.165, 1.54) is 5.06 Å². The SMILES string of the molecule is CC(C)(C)N1OCCCC1=O. The Morgan fingerprint density at radius 2 is 2.09 bits per heavy atom. The van der Waals surface area contributed by atoms with E-state index in [2.05, 4.69) is 0 Å². The van der Waals surface area contributed by atoms with Crippen molar-refractivity contribution in [3.63, 3.8) is 0 Å². The van der Waals surface area contributed by atoms with Crippen molar-refractivity contribution in [1.29, 1.82) is 0 Å². The third-order valence-electron chi connectivity index (χ3n) is 1.59. The summed E-state index contributed by atoms with van der Waals surface area (Å²) in [5.74, 6) is 0.101. The molecule has 3 heteroatoms. The molecule has 0 atom stereocenters. The zero-order chi connectivity index (χ0) is 8.48. The average Bonchev–Trinajstić information content (AvgIpc) is 1.86. The summed E-state index contributed by atoms with van der Waals surface area (Å²) in [5, 5.41) is 1.48. The molecular formula is C8H15NO2. The normalized spacial score (nSPS) is 20.6. The monoisotopic (exact) mass is 157 g/mol. The van der Waals surface area contributed by atoms with Crippen LogP contribution in [-0.2, 0) is 9.63 Å². The van der Waals surface area contributed by atoms with E-state index in [9.17, 15) is 4.79 Å². The molecule has 11 heavy (non-hydrogen) atoms. The summed E-state index contributed by atoms with van der Waals surface area (Å²) in [7, 11) is 0. The van der Waals surface area contributed by atoms with Gasteiger partial charge in [-0.25, -0.2) is 5.06 Å². The maximum absolute atomic E-state index is 11.2. The standard InChI is InChI=1S/C8H15NO2/c1-8(2,3)9-7(10)5-4-6-11-9/h4-6H2,1-3H3. The van der Waals surface area contributed by atoms with Crippen LogP contribution in [0.5, 0.6) is 0 Å². The molecule has 0 aromatic rings. The van der Waals surface area contributed by atoms with E-state index >= 15 is 0 Å². The molecule has 3 nitrogen and oxygen atoms in total. The largest absolute Gasteiger partial charge is 0.273 e. The molecule has 0 spiro atoms. The predicted molar refractivity (Wildman–Crippen MR) is 41.8 cm³/mol. The molecule has 1 saturated heterocycles. The van der Waals surface area contributed by atoms with E-state index in [0.29, 0.717) is 13.0 Å². The van der Waals surface area contributed by atoms with Crippen LogP contribution in [0.4, 0.5) is 0 Å². The molecule has 0 saturated carbocycles. The number of hydrogen-bond donors (Lipinski definition) is 0. The Morgan fingerprint density at radius 3 is 2.45 bits per heavy atom. The highest BCUT2D eigenvalue weighted by Crippen LogP contribution is 2.19. The second kappa shape index (κ2) is 2.81. The van der Waals surface area contributed by atoms with E-state index < -0.39 is 0 Å². The van der Waals surface area contributed by atoms with Gasteiger partial charge in [0.15, 0.2) is 0 Å². The fourth-order valence-corrected chi connectivity index (χ4v) is 1.12. The van der Waals surface area contributed by atoms with E-state index in [0.717, 1.165) is 6.42 Å². The Morgan fingerprint density at radius 1 is 1.45 bits per heavy atom. The van der Waals surface area contributed by atoms with Crippen molar-refractivity contribution in [2.24, 2.45) is 0 Å². The molecule has 1 amide bonds. The smallest absolute Gasteiger partial charge is 0.246 e. The molecule has 0 aromatic heterocycles. The van der Waals surface area contributed by atoms with Crippen LogP contribution < -0.4 is 0 Å². The van der Waals surface area contributed by atoms with Crippen molar-refractivity contribution < 1.29 is 9.63 Å². The molecule has 64 valence electrons. The Hall–Kier alpha value is -0.570. The topological polar surface area (TPSA) is 29.5 Å². The van der Waals surface area contributed by atoms with E-state index in [1.807, 2.05) is 20.8 Å². The van der Waals surface area contributed by atoms with Gasteiger partial charge in [-0.15, -0.1) is 0 Å². The molecule has 1 fully saturated rings. The van der Waals surface area contributed by atoms with Gasteiger partial charge < -0.3 is 0 Å². The van der Waals surface area contributed by atoms with Gasteiger partial charge in [0.1, 0.15) is 0 Å². The van der Waals surface area contributed by atoms with Crippen molar-refractivity contribution in [1.82, 2.24) is 5.06 Å². The maximum atomic E-state index is 11.2. The number of carbonyl (C=O) groups is 1. The number of carbonyl (C=O) groups excluding carboxylic acids is 1. The number of hydrogen-bond acceptors (Lipinski definition) is 2. The lowest BCUT2D eigenvalue weighted by atomic mass is 10.1. The molecule has 0 aliphatic carbocycles. The third-order valence-corrected chi connectivity index (χ3v) is 1.59. The average molecular weight is 157 g/mol. The first kappa shape index (κ1) is 8.53. The van der Waals surface area contributed by atoms with E-state index in [-0.39, 0.29) is 11.4 Å². The Kier molecular flexibility index (Phi) is 2.18. The molecule has 1 rings (SSSR count). The molecular weight excluding hydrogens is 142 g/mol. The fourth-order valence-electron chi connectivity index (χ4n) is 1.12. The predicted octanol–water partition coefficient (Wildman–Crippen LogP) is 1.34. The van der Waals surface area contributed by atoms with Crippen LogP contribution in [-0.4, -0.2) is 23.1 Å². The van der Waals surface area contributed by atoms with Crippen LogP contribution in [0.2, 0.25) is 0 Å². The number of hydroxylamine groups is 2. The van der Waals surface area contributed by atoms with Gasteiger partial charge in [0.05, 0.1) is 12.1 Å². The number of rotatable bonds is 0. The minimum Gasteiger partial charge on any atom is -0.273 e. The Bertz CT molecular complexity index is 160. The van der Waals surface area contributed by atoms with Crippen molar-refractivity contribution in [3.05, 3.63) is 0 Å². The fraction of sp³-hybridized carbons (Fsp3) is 0.875. The number of amides is 1. The quantitative estimate of drug-likeness (QED) is 0.531. The van der Waals surface area contributed by atoms with Crippen LogP contribution >= 0.6 is 0 Å². The highest BCUT2D eigenvalue weighted by atomic mass is 16.7. The summed E-state index contributed by atoms with van der Waals surface area (Å²) in [6, 6.07) is 0. The zero-order valence-electron chi connectivity index (χ0n) is 7.39. The van der Waals surface area contributed by atoms with Crippen molar-refractivity contribution in [2.75, 3.05) is 6.61 Å². The lowest BCUT2D eigenvalue weighted by molar-refractivity contribution is -0.225. The molecule has 0 bridgehead atoms. The van der Waals surface area contributed by atoms with Crippen molar-refractivity contribution in [2.45, 2.75) is 39.2 Å². The highest BCUT2D eigenvalue weighted by Gasteiger charge is 2.29. The summed E-state index contributed by atoms with van der Waals surface area (Å²) in [4.78, 5) is 16.5. The number of nitrogens with zero attached hydrogens (tertiary/aromatic N) is 1. The first-order valence-corrected chi connectivity index (χ1v) is 3.98. The second-order valence-electron chi connectivity index (χ2n) is 3.80. The minimum absolute atomic E-state index is 0.101. The van der Waals surface area contributed by atoms with Gasteiger partial charge in [-0.2, -0.15) is 0 Å². The van der Waals surface area contributed by atoms with Gasteiger partial charge in [-0.1, -0.05) is 0 Å². The summed E-state index contributed by atoms with van der Waals surface area (Å²) in [6.45, 7) is 6.58. The summed E-state index contributed by atoms with van der Waals surface area (Å²) in [5.41, 5.74) is -0.197. The lowest BCUT2D eigenvalue weighted by Gasteiger charge is -2.36. The molecule has 0 radical (unpaired) electrons. The Balaban J connectivity index is 2.62. The molecule has 0 N–H and O–H groups in total. The Labute approximate surface area is 67.3 Å². The van der Waals surface area contributed by atoms with Gasteiger partial charge in [0.25, 0.3) is 0 Å². The minimum atomic E-state index is -0.197. The van der Waals surface area contributed by atoms with Crippen molar-refractivity contribution >= 4 is 5.91 Å². The molecule has 1 aliphatic heterocycles. The van der Waals surface area contributed by atoms with Crippen molar-refractivity contribution in [3.8, 4) is 0 Å². The van der Waals surface area contributed by atoms with Gasteiger partial charge in [0.2, 0.25) is 5.91 Å². The third kappa shape index (κ3) is 1.93. The van der Waals surface area contributed by atoms with Crippen LogP contribution in [0.3, 0.4) is 0 Å². The molecule has 1 heterocycles. The van der Waals surface area contributed by atoms with Gasteiger partial charge in [-0.05, 0) is 27.2 Å². The van der Waals surface area contributed by atoms with Gasteiger partial charge >= 0.3 is 0 Å². The summed E-state index contributed by atoms with van der Waals surface area (Å²) >= 11 is 0. The molecule has 0 aromatic carbocycles.